The minimum Gasteiger partial charge on any atom is -0.393 e. The van der Waals surface area contributed by atoms with Crippen LogP contribution in [0.4, 0.5) is 0 Å². The van der Waals surface area contributed by atoms with E-state index in [1.807, 2.05) is 6.92 Å². The van der Waals surface area contributed by atoms with E-state index >= 15 is 0 Å². The molecule has 0 aromatic carbocycles. The van der Waals surface area contributed by atoms with E-state index in [1.165, 1.54) is 0 Å². The molecule has 1 aromatic rings. The van der Waals surface area contributed by atoms with Gasteiger partial charge in [0.1, 0.15) is 5.15 Å². The molecule has 1 saturated carbocycles. The van der Waals surface area contributed by atoms with Crippen LogP contribution in [-0.2, 0) is 6.42 Å². The van der Waals surface area contributed by atoms with E-state index in [4.69, 9.17) is 11.6 Å². The van der Waals surface area contributed by atoms with Gasteiger partial charge in [0.2, 0.25) is 0 Å². The second-order valence-corrected chi connectivity index (χ2v) is 5.40. The van der Waals surface area contributed by atoms with Gasteiger partial charge < -0.3 is 10.4 Å². The molecule has 104 valence electrons. The van der Waals surface area contributed by atoms with Crippen molar-refractivity contribution >= 4 is 17.5 Å². The normalized spacial score (nSPS) is 23.1. The molecule has 0 spiro atoms. The summed E-state index contributed by atoms with van der Waals surface area (Å²) in [5.74, 6) is -0.141. The number of halogens is 1. The highest BCUT2D eigenvalue weighted by molar-refractivity contribution is 6.29. The zero-order valence-electron chi connectivity index (χ0n) is 11.0. The summed E-state index contributed by atoms with van der Waals surface area (Å²) in [7, 11) is 0. The molecular weight excluding hydrogens is 264 g/mol. The molecule has 1 fully saturated rings. The van der Waals surface area contributed by atoms with Crippen LogP contribution in [0.2, 0.25) is 5.15 Å². The zero-order valence-corrected chi connectivity index (χ0v) is 11.8. The molecule has 0 saturated heterocycles. The molecule has 0 aliphatic heterocycles. The molecule has 19 heavy (non-hydrogen) atoms. The highest BCUT2D eigenvalue weighted by Gasteiger charge is 2.22. The zero-order chi connectivity index (χ0) is 13.8. The Labute approximate surface area is 118 Å². The quantitative estimate of drug-likeness (QED) is 0.837. The fraction of sp³-hybridized carbons (Fsp3) is 0.571. The molecule has 2 unspecified atom stereocenters. The molecule has 1 aliphatic rings. The van der Waals surface area contributed by atoms with Gasteiger partial charge in [0.05, 0.1) is 6.10 Å². The first-order valence-corrected chi connectivity index (χ1v) is 7.11. The standard InChI is InChI=1S/C14H19ClN2O2/c1-2-10-6-9(7-13(15)16-10)14(19)17-11-4-3-5-12(18)8-11/h6-7,11-12,18H,2-5,8H2,1H3,(H,17,19). The van der Waals surface area contributed by atoms with Crippen molar-refractivity contribution in [2.45, 2.75) is 51.2 Å². The number of aliphatic hydroxyl groups is 1. The van der Waals surface area contributed by atoms with E-state index in [0.717, 1.165) is 31.4 Å². The summed E-state index contributed by atoms with van der Waals surface area (Å²) in [6.45, 7) is 1.97. The Hall–Kier alpha value is -1.13. The Morgan fingerprint density at radius 3 is 3.00 bits per heavy atom. The summed E-state index contributed by atoms with van der Waals surface area (Å²) in [4.78, 5) is 16.3. The molecule has 2 rings (SSSR count). The predicted molar refractivity (Wildman–Crippen MR) is 74.4 cm³/mol. The molecule has 0 radical (unpaired) electrons. The van der Waals surface area contributed by atoms with Gasteiger partial charge in [0.25, 0.3) is 5.91 Å². The lowest BCUT2D eigenvalue weighted by atomic mass is 9.93. The van der Waals surface area contributed by atoms with Gasteiger partial charge in [-0.3, -0.25) is 4.79 Å². The van der Waals surface area contributed by atoms with E-state index in [1.54, 1.807) is 12.1 Å². The van der Waals surface area contributed by atoms with Crippen LogP contribution >= 0.6 is 11.6 Å². The molecule has 1 heterocycles. The third kappa shape index (κ3) is 3.91. The minimum atomic E-state index is -0.300. The van der Waals surface area contributed by atoms with Gasteiger partial charge in [0.15, 0.2) is 0 Å². The lowest BCUT2D eigenvalue weighted by Gasteiger charge is -2.26. The summed E-state index contributed by atoms with van der Waals surface area (Å²) in [5.41, 5.74) is 1.35. The van der Waals surface area contributed by atoms with Crippen molar-refractivity contribution in [3.63, 3.8) is 0 Å². The van der Waals surface area contributed by atoms with Crippen LogP contribution < -0.4 is 5.32 Å². The lowest BCUT2D eigenvalue weighted by Crippen LogP contribution is -2.39. The second-order valence-electron chi connectivity index (χ2n) is 5.01. The molecular formula is C14H19ClN2O2. The summed E-state index contributed by atoms with van der Waals surface area (Å²) >= 11 is 5.91. The Morgan fingerprint density at radius 1 is 1.53 bits per heavy atom. The van der Waals surface area contributed by atoms with Gasteiger partial charge in [0, 0.05) is 17.3 Å². The van der Waals surface area contributed by atoms with Crippen molar-refractivity contribution < 1.29 is 9.90 Å². The van der Waals surface area contributed by atoms with E-state index in [9.17, 15) is 9.90 Å². The summed E-state index contributed by atoms with van der Waals surface area (Å²) < 4.78 is 0. The smallest absolute Gasteiger partial charge is 0.251 e. The first-order valence-electron chi connectivity index (χ1n) is 6.74. The first kappa shape index (κ1) is 14.3. The summed E-state index contributed by atoms with van der Waals surface area (Å²) in [5, 5.41) is 12.9. The van der Waals surface area contributed by atoms with E-state index in [-0.39, 0.29) is 18.1 Å². The van der Waals surface area contributed by atoms with Gasteiger partial charge in [-0.05, 0) is 44.2 Å². The predicted octanol–water partition coefficient (Wildman–Crippen LogP) is 2.33. The molecule has 1 amide bonds. The number of carbonyl (C=O) groups excluding carboxylic acids is 1. The van der Waals surface area contributed by atoms with Crippen LogP contribution in [0.1, 0.15) is 48.7 Å². The van der Waals surface area contributed by atoms with E-state index < -0.39 is 0 Å². The molecule has 4 nitrogen and oxygen atoms in total. The van der Waals surface area contributed by atoms with Crippen LogP contribution in [0.3, 0.4) is 0 Å². The Balaban J connectivity index is 2.05. The number of nitrogens with zero attached hydrogens (tertiary/aromatic N) is 1. The number of nitrogens with one attached hydrogen (secondary N) is 1. The van der Waals surface area contributed by atoms with Crippen molar-refractivity contribution in [1.82, 2.24) is 10.3 Å². The second kappa shape index (κ2) is 6.35. The van der Waals surface area contributed by atoms with Crippen LogP contribution in [0.15, 0.2) is 12.1 Å². The SMILES string of the molecule is CCc1cc(C(=O)NC2CCCC(O)C2)cc(Cl)n1. The maximum Gasteiger partial charge on any atom is 0.251 e. The number of aromatic nitrogens is 1. The summed E-state index contributed by atoms with van der Waals surface area (Å²) in [6.07, 6.45) is 3.76. The number of hydrogen-bond donors (Lipinski definition) is 2. The Morgan fingerprint density at radius 2 is 2.32 bits per heavy atom. The topological polar surface area (TPSA) is 62.2 Å². The van der Waals surface area contributed by atoms with Crippen LogP contribution in [0.5, 0.6) is 0 Å². The van der Waals surface area contributed by atoms with Crippen molar-refractivity contribution in [3.05, 3.63) is 28.5 Å². The first-order chi connectivity index (χ1) is 9.08. The maximum absolute atomic E-state index is 12.2. The number of rotatable bonds is 3. The van der Waals surface area contributed by atoms with Gasteiger partial charge in [-0.25, -0.2) is 4.98 Å². The monoisotopic (exact) mass is 282 g/mol. The third-order valence-corrected chi connectivity index (χ3v) is 3.65. The van der Waals surface area contributed by atoms with Gasteiger partial charge >= 0.3 is 0 Å². The van der Waals surface area contributed by atoms with Crippen LogP contribution in [0.25, 0.3) is 0 Å². The van der Waals surface area contributed by atoms with Crippen molar-refractivity contribution in [2.24, 2.45) is 0 Å². The maximum atomic E-state index is 12.2. The fourth-order valence-electron chi connectivity index (χ4n) is 2.43. The number of carbonyl (C=O) groups is 1. The van der Waals surface area contributed by atoms with Crippen molar-refractivity contribution in [1.29, 1.82) is 0 Å². The van der Waals surface area contributed by atoms with Crippen molar-refractivity contribution in [2.75, 3.05) is 0 Å². The van der Waals surface area contributed by atoms with E-state index in [2.05, 4.69) is 10.3 Å². The number of aliphatic hydroxyl groups excluding tert-OH is 1. The van der Waals surface area contributed by atoms with Crippen LogP contribution in [-0.4, -0.2) is 28.1 Å². The Bertz CT molecular complexity index is 465. The highest BCUT2D eigenvalue weighted by atomic mass is 35.5. The fourth-order valence-corrected chi connectivity index (χ4v) is 2.65. The van der Waals surface area contributed by atoms with Gasteiger partial charge in [-0.1, -0.05) is 18.5 Å². The number of aryl methyl sites for hydroxylation is 1. The average molecular weight is 283 g/mol. The average Bonchev–Trinajstić information content (AvgIpc) is 2.38. The molecule has 2 N–H and O–H groups in total. The minimum absolute atomic E-state index is 0.0493. The molecule has 1 aliphatic carbocycles. The number of pyridine rings is 1. The molecule has 2 atom stereocenters. The van der Waals surface area contributed by atoms with Crippen molar-refractivity contribution in [3.8, 4) is 0 Å². The molecule has 0 bridgehead atoms. The Kier molecular flexibility index (Phi) is 4.77. The lowest BCUT2D eigenvalue weighted by molar-refractivity contribution is 0.0849. The third-order valence-electron chi connectivity index (χ3n) is 3.45. The van der Waals surface area contributed by atoms with E-state index in [0.29, 0.717) is 17.1 Å². The van der Waals surface area contributed by atoms with Crippen LogP contribution in [0, 0.1) is 0 Å². The van der Waals surface area contributed by atoms with Gasteiger partial charge in [-0.2, -0.15) is 0 Å². The largest absolute Gasteiger partial charge is 0.393 e. The summed E-state index contributed by atoms with van der Waals surface area (Å²) in [6, 6.07) is 3.39. The molecule has 5 heteroatoms. The highest BCUT2D eigenvalue weighted by Crippen LogP contribution is 2.19. The number of hydrogen-bond acceptors (Lipinski definition) is 3. The van der Waals surface area contributed by atoms with Gasteiger partial charge in [-0.15, -0.1) is 0 Å². The number of amides is 1. The molecule has 1 aromatic heterocycles.